The summed E-state index contributed by atoms with van der Waals surface area (Å²) in [6.07, 6.45) is 5.12. The zero-order valence-electron chi connectivity index (χ0n) is 18.7. The van der Waals surface area contributed by atoms with E-state index in [2.05, 4.69) is 69.4 Å². The quantitative estimate of drug-likeness (QED) is 0.586. The van der Waals surface area contributed by atoms with E-state index in [1.165, 1.54) is 55.4 Å². The number of nitrogens with one attached hydrogen (secondary N) is 1. The minimum absolute atomic E-state index is 0.696. The number of hydrogen-bond acceptors (Lipinski definition) is 3. The first-order valence-electron chi connectivity index (χ1n) is 11.9. The maximum Gasteiger partial charge on any atom is 0.0589 e. The van der Waals surface area contributed by atoms with Crippen molar-refractivity contribution in [1.29, 1.82) is 0 Å². The lowest BCUT2D eigenvalue weighted by Gasteiger charge is -2.38. The van der Waals surface area contributed by atoms with E-state index in [0.717, 1.165) is 32.2 Å². The Hall–Kier alpha value is -2.14. The average molecular weight is 418 g/mol. The molecule has 2 aromatic carbocycles. The predicted molar refractivity (Wildman–Crippen MR) is 127 cm³/mol. The van der Waals surface area contributed by atoms with Crippen molar-refractivity contribution < 1.29 is 4.74 Å². The Balaban J connectivity index is 1.22. The Kier molecular flexibility index (Phi) is 6.40. The topological polar surface area (TPSA) is 31.5 Å². The number of aromatic nitrogens is 1. The van der Waals surface area contributed by atoms with Gasteiger partial charge in [0.05, 0.1) is 6.61 Å². The van der Waals surface area contributed by atoms with Crippen LogP contribution in [-0.4, -0.2) is 60.7 Å². The first-order chi connectivity index (χ1) is 15.3. The Bertz CT molecular complexity index is 939. The van der Waals surface area contributed by atoms with Crippen molar-refractivity contribution in [2.45, 2.75) is 38.3 Å². The van der Waals surface area contributed by atoms with Crippen molar-refractivity contribution in [3.8, 4) is 0 Å². The van der Waals surface area contributed by atoms with Crippen molar-refractivity contribution in [2.75, 3.05) is 39.9 Å². The molecule has 0 unspecified atom stereocenters. The smallest absolute Gasteiger partial charge is 0.0589 e. The van der Waals surface area contributed by atoms with E-state index in [9.17, 15) is 0 Å². The molecule has 1 aliphatic carbocycles. The summed E-state index contributed by atoms with van der Waals surface area (Å²) in [6.45, 7) is 6.37. The van der Waals surface area contributed by atoms with Crippen LogP contribution in [-0.2, 0) is 24.1 Å². The number of piperidine rings is 1. The number of likely N-dealkylation sites (tertiary alicyclic amines) is 1. The summed E-state index contributed by atoms with van der Waals surface area (Å²) in [6, 6.07) is 20.6. The first kappa shape index (κ1) is 20.7. The number of nitrogens with zero attached hydrogens (tertiary/aromatic N) is 2. The highest BCUT2D eigenvalue weighted by Gasteiger charge is 2.31. The molecule has 0 bridgehead atoms. The molecule has 3 aromatic rings. The van der Waals surface area contributed by atoms with Crippen molar-refractivity contribution in [3.05, 3.63) is 71.4 Å². The number of H-pyrrole nitrogens is 1. The molecule has 1 aliphatic heterocycles. The zero-order valence-corrected chi connectivity index (χ0v) is 18.7. The highest BCUT2D eigenvalue weighted by Crippen LogP contribution is 2.29. The molecule has 1 saturated heterocycles. The van der Waals surface area contributed by atoms with Crippen LogP contribution in [0.2, 0.25) is 0 Å². The summed E-state index contributed by atoms with van der Waals surface area (Å²) in [5, 5.41) is 1.30. The molecular formula is C27H35N3O. The maximum absolute atomic E-state index is 5.43. The fourth-order valence-electron chi connectivity index (χ4n) is 5.65. The van der Waals surface area contributed by atoms with Gasteiger partial charge in [-0.25, -0.2) is 0 Å². The third-order valence-electron chi connectivity index (χ3n) is 7.20. The average Bonchev–Trinajstić information content (AvgIpc) is 3.41. The van der Waals surface area contributed by atoms with Gasteiger partial charge in [-0.15, -0.1) is 0 Å². The maximum atomic E-state index is 5.43. The van der Waals surface area contributed by atoms with Gasteiger partial charge in [0.15, 0.2) is 0 Å². The van der Waals surface area contributed by atoms with E-state index in [-0.39, 0.29) is 0 Å². The lowest BCUT2D eigenvalue weighted by molar-refractivity contribution is 0.0840. The zero-order chi connectivity index (χ0) is 21.0. The molecule has 0 saturated carbocycles. The molecule has 4 heteroatoms. The van der Waals surface area contributed by atoms with Crippen molar-refractivity contribution in [2.24, 2.45) is 5.92 Å². The number of rotatable bonds is 8. The van der Waals surface area contributed by atoms with Crippen LogP contribution in [0.3, 0.4) is 0 Å². The van der Waals surface area contributed by atoms with Crippen LogP contribution < -0.4 is 0 Å². The van der Waals surface area contributed by atoms with Crippen LogP contribution in [0.1, 0.15) is 29.7 Å². The number of fused-ring (bicyclic) bond motifs is 2. The summed E-state index contributed by atoms with van der Waals surface area (Å²) in [7, 11) is 1.81. The van der Waals surface area contributed by atoms with Crippen LogP contribution in [0, 0.1) is 5.92 Å². The van der Waals surface area contributed by atoms with Crippen LogP contribution >= 0.6 is 0 Å². The Morgan fingerprint density at radius 2 is 1.84 bits per heavy atom. The molecule has 1 aromatic heterocycles. The fraction of sp³-hybridized carbons (Fsp3) is 0.481. The van der Waals surface area contributed by atoms with Gasteiger partial charge in [-0.3, -0.25) is 9.80 Å². The number of aromatic amines is 1. The second-order valence-corrected chi connectivity index (χ2v) is 9.44. The molecule has 31 heavy (non-hydrogen) atoms. The van der Waals surface area contributed by atoms with Crippen molar-refractivity contribution in [3.63, 3.8) is 0 Å². The summed E-state index contributed by atoms with van der Waals surface area (Å²) in [4.78, 5) is 8.98. The van der Waals surface area contributed by atoms with Crippen LogP contribution in [0.5, 0.6) is 0 Å². The Morgan fingerprint density at radius 1 is 1.06 bits per heavy atom. The molecule has 1 atom stereocenters. The van der Waals surface area contributed by atoms with Gasteiger partial charge in [0.25, 0.3) is 0 Å². The summed E-state index contributed by atoms with van der Waals surface area (Å²) in [5.74, 6) is 0.735. The predicted octanol–water partition coefficient (Wildman–Crippen LogP) is 4.50. The molecule has 0 radical (unpaired) electrons. The third-order valence-corrected chi connectivity index (χ3v) is 7.20. The number of ether oxygens (including phenoxy) is 1. The highest BCUT2D eigenvalue weighted by molar-refractivity contribution is 5.80. The largest absolute Gasteiger partial charge is 0.383 e. The first-order valence-corrected chi connectivity index (χ1v) is 11.9. The normalized spacial score (nSPS) is 20.0. The Labute approximate surface area is 186 Å². The van der Waals surface area contributed by atoms with Gasteiger partial charge in [0, 0.05) is 50.5 Å². The van der Waals surface area contributed by atoms with E-state index in [4.69, 9.17) is 4.74 Å². The van der Waals surface area contributed by atoms with Gasteiger partial charge in [-0.05, 0) is 66.8 Å². The molecule has 0 amide bonds. The second-order valence-electron chi connectivity index (χ2n) is 9.44. The van der Waals surface area contributed by atoms with E-state index < -0.39 is 0 Å². The lowest BCUT2D eigenvalue weighted by Crippen LogP contribution is -2.46. The molecule has 2 aliphatic rings. The number of methoxy groups -OCH3 is 1. The molecule has 5 rings (SSSR count). The number of hydrogen-bond donors (Lipinski definition) is 1. The number of para-hydroxylation sites is 1. The highest BCUT2D eigenvalue weighted by atomic mass is 16.5. The fourth-order valence-corrected chi connectivity index (χ4v) is 5.65. The molecule has 4 nitrogen and oxygen atoms in total. The second kappa shape index (κ2) is 9.56. The summed E-state index contributed by atoms with van der Waals surface area (Å²) < 4.78 is 5.43. The Morgan fingerprint density at radius 3 is 2.61 bits per heavy atom. The number of benzene rings is 2. The molecule has 2 heterocycles. The van der Waals surface area contributed by atoms with Gasteiger partial charge in [0.2, 0.25) is 0 Å². The molecule has 164 valence electrons. The third kappa shape index (κ3) is 4.87. The van der Waals surface area contributed by atoms with Crippen LogP contribution in [0.4, 0.5) is 0 Å². The van der Waals surface area contributed by atoms with Crippen LogP contribution in [0.15, 0.2) is 54.6 Å². The van der Waals surface area contributed by atoms with Gasteiger partial charge in [-0.1, -0.05) is 42.5 Å². The van der Waals surface area contributed by atoms with E-state index in [0.29, 0.717) is 6.04 Å². The minimum atomic E-state index is 0.696. The molecule has 1 fully saturated rings. The minimum Gasteiger partial charge on any atom is -0.383 e. The molecule has 1 N–H and O–H groups in total. The molecule has 0 spiro atoms. The van der Waals surface area contributed by atoms with E-state index in [1.54, 1.807) is 18.2 Å². The van der Waals surface area contributed by atoms with Crippen molar-refractivity contribution in [1.82, 2.24) is 14.8 Å². The summed E-state index contributed by atoms with van der Waals surface area (Å²) >= 11 is 0. The summed E-state index contributed by atoms with van der Waals surface area (Å²) in [5.41, 5.74) is 5.66. The van der Waals surface area contributed by atoms with Gasteiger partial charge >= 0.3 is 0 Å². The van der Waals surface area contributed by atoms with E-state index in [1.807, 2.05) is 0 Å². The van der Waals surface area contributed by atoms with Gasteiger partial charge < -0.3 is 9.72 Å². The van der Waals surface area contributed by atoms with E-state index >= 15 is 0 Å². The lowest BCUT2D eigenvalue weighted by atomic mass is 9.95. The van der Waals surface area contributed by atoms with Gasteiger partial charge in [0.1, 0.15) is 0 Å². The van der Waals surface area contributed by atoms with Crippen LogP contribution in [0.25, 0.3) is 10.9 Å². The van der Waals surface area contributed by atoms with Crippen molar-refractivity contribution >= 4 is 10.9 Å². The standard InChI is InChI=1S/C27H35N3O/c1-31-14-13-29(20-25-15-24-10-4-5-11-27(24)28-25)18-21-7-6-12-30(19-21)26-16-22-8-2-3-9-23(22)17-26/h2-5,8-11,15,21,26,28H,6-7,12-14,16-20H2,1H3/t21-/m0/s1. The SMILES string of the molecule is COCCN(Cc1cc2ccccc2[nH]1)C[C@@H]1CCCN(C2Cc3ccccc3C2)C1. The molecular weight excluding hydrogens is 382 g/mol. The monoisotopic (exact) mass is 417 g/mol. The van der Waals surface area contributed by atoms with Gasteiger partial charge in [-0.2, -0.15) is 0 Å².